The Morgan fingerprint density at radius 3 is 2.94 bits per heavy atom. The molecule has 1 aromatic heterocycles. The van der Waals surface area contributed by atoms with Crippen molar-refractivity contribution in [2.75, 3.05) is 24.0 Å². The first-order valence-electron chi connectivity index (χ1n) is 5.46. The van der Waals surface area contributed by atoms with E-state index in [4.69, 9.17) is 0 Å². The first-order valence-corrected chi connectivity index (χ1v) is 6.85. The molecule has 0 saturated heterocycles. The molecule has 3 nitrogen and oxygen atoms in total. The van der Waals surface area contributed by atoms with Crippen LogP contribution >= 0.6 is 11.8 Å². The van der Waals surface area contributed by atoms with Gasteiger partial charge in [0.25, 0.3) is 0 Å². The summed E-state index contributed by atoms with van der Waals surface area (Å²) in [4.78, 5) is 6.31. The number of hydrogen-bond donors (Lipinski definition) is 1. The maximum Gasteiger partial charge on any atom is 0.0703 e. The number of aromatic nitrogens is 1. The second-order valence-corrected chi connectivity index (χ2v) is 4.89. The molecule has 0 aliphatic carbocycles. The van der Waals surface area contributed by atoms with Gasteiger partial charge in [-0.25, -0.2) is 0 Å². The van der Waals surface area contributed by atoms with Crippen molar-refractivity contribution in [1.82, 2.24) is 4.98 Å². The minimum atomic E-state index is 0.0669. The molecule has 1 N–H and O–H groups in total. The molecule has 0 fully saturated rings. The van der Waals surface area contributed by atoms with Crippen molar-refractivity contribution in [3.05, 3.63) is 24.0 Å². The Balaban J connectivity index is 2.74. The van der Waals surface area contributed by atoms with Crippen LogP contribution in [0.1, 0.15) is 18.9 Å². The van der Waals surface area contributed by atoms with Crippen LogP contribution in [0.15, 0.2) is 18.5 Å². The molecule has 0 aromatic carbocycles. The number of thioether (sulfide) groups is 1. The Hall–Kier alpha value is -0.740. The van der Waals surface area contributed by atoms with Gasteiger partial charge in [-0.3, -0.25) is 4.98 Å². The number of aliphatic hydroxyl groups is 1. The zero-order valence-corrected chi connectivity index (χ0v) is 11.0. The third-order valence-electron chi connectivity index (χ3n) is 2.84. The quantitative estimate of drug-likeness (QED) is 0.826. The molecule has 0 aliphatic heterocycles. The SMILES string of the molecule is CSCCC(C)N(C)c1cnccc1CO. The first kappa shape index (κ1) is 13.3. The molecular formula is C12H20N2OS. The molecular weight excluding hydrogens is 220 g/mol. The normalized spacial score (nSPS) is 12.5. The van der Waals surface area contributed by atoms with Gasteiger partial charge in [-0.1, -0.05) is 0 Å². The van der Waals surface area contributed by atoms with Gasteiger partial charge in [-0.05, 0) is 31.4 Å². The highest BCUT2D eigenvalue weighted by Crippen LogP contribution is 2.21. The van der Waals surface area contributed by atoms with Crippen LogP contribution in [0.2, 0.25) is 0 Å². The summed E-state index contributed by atoms with van der Waals surface area (Å²) >= 11 is 1.86. The molecule has 1 unspecified atom stereocenters. The van der Waals surface area contributed by atoms with E-state index in [0.717, 1.165) is 23.4 Å². The van der Waals surface area contributed by atoms with Crippen molar-refractivity contribution in [1.29, 1.82) is 0 Å². The molecule has 0 aliphatic rings. The average molecular weight is 240 g/mol. The topological polar surface area (TPSA) is 36.4 Å². The number of pyridine rings is 1. The van der Waals surface area contributed by atoms with Crippen LogP contribution < -0.4 is 4.90 Å². The zero-order valence-electron chi connectivity index (χ0n) is 10.2. The molecule has 0 saturated carbocycles. The van der Waals surface area contributed by atoms with Crippen molar-refractivity contribution in [3.63, 3.8) is 0 Å². The third-order valence-corrected chi connectivity index (χ3v) is 3.48. The fraction of sp³-hybridized carbons (Fsp3) is 0.583. The summed E-state index contributed by atoms with van der Waals surface area (Å²) in [6.45, 7) is 2.27. The van der Waals surface area contributed by atoms with Crippen LogP contribution in [0, 0.1) is 0 Å². The predicted octanol–water partition coefficient (Wildman–Crippen LogP) is 2.15. The lowest BCUT2D eigenvalue weighted by Gasteiger charge is -2.28. The van der Waals surface area contributed by atoms with Gasteiger partial charge in [0.2, 0.25) is 0 Å². The summed E-state index contributed by atoms with van der Waals surface area (Å²) < 4.78 is 0. The lowest BCUT2D eigenvalue weighted by atomic mass is 10.1. The fourth-order valence-corrected chi connectivity index (χ4v) is 2.16. The Morgan fingerprint density at radius 1 is 1.56 bits per heavy atom. The van der Waals surface area contributed by atoms with E-state index < -0.39 is 0 Å². The minimum absolute atomic E-state index is 0.0669. The van der Waals surface area contributed by atoms with E-state index in [1.165, 1.54) is 0 Å². The van der Waals surface area contributed by atoms with Crippen molar-refractivity contribution in [2.45, 2.75) is 26.0 Å². The van der Waals surface area contributed by atoms with Crippen LogP contribution in [0.5, 0.6) is 0 Å². The van der Waals surface area contributed by atoms with Crippen LogP contribution in [-0.4, -0.2) is 35.2 Å². The van der Waals surface area contributed by atoms with Crippen molar-refractivity contribution in [2.24, 2.45) is 0 Å². The van der Waals surface area contributed by atoms with E-state index in [2.05, 4.69) is 30.1 Å². The molecule has 0 amide bonds. The van der Waals surface area contributed by atoms with Gasteiger partial charge in [-0.2, -0.15) is 11.8 Å². The van der Waals surface area contributed by atoms with Gasteiger partial charge in [0.1, 0.15) is 0 Å². The number of anilines is 1. The summed E-state index contributed by atoms with van der Waals surface area (Å²) in [5.74, 6) is 1.15. The largest absolute Gasteiger partial charge is 0.392 e. The standard InChI is InChI=1S/C12H20N2OS/c1-10(5-7-16-3)14(2)12-8-13-6-4-11(12)9-15/h4,6,8,10,15H,5,7,9H2,1-3H3. The summed E-state index contributed by atoms with van der Waals surface area (Å²) in [6, 6.07) is 2.33. The molecule has 1 rings (SSSR count). The fourth-order valence-electron chi connectivity index (χ4n) is 1.59. The van der Waals surface area contributed by atoms with E-state index in [1.807, 2.05) is 24.0 Å². The average Bonchev–Trinajstić information content (AvgIpc) is 2.34. The summed E-state index contributed by atoms with van der Waals surface area (Å²) in [5.41, 5.74) is 1.96. The molecule has 90 valence electrons. The number of nitrogens with zero attached hydrogens (tertiary/aromatic N) is 2. The Kier molecular flexibility index (Phi) is 5.63. The number of aliphatic hydroxyl groups excluding tert-OH is 1. The number of rotatable bonds is 6. The van der Waals surface area contributed by atoms with Gasteiger partial charge in [0, 0.05) is 24.8 Å². The summed E-state index contributed by atoms with van der Waals surface area (Å²) in [5, 5.41) is 9.27. The second kappa shape index (κ2) is 6.76. The van der Waals surface area contributed by atoms with E-state index in [1.54, 1.807) is 6.20 Å². The van der Waals surface area contributed by atoms with E-state index >= 15 is 0 Å². The van der Waals surface area contributed by atoms with Crippen molar-refractivity contribution in [3.8, 4) is 0 Å². The first-order chi connectivity index (χ1) is 7.70. The molecule has 0 radical (unpaired) electrons. The summed E-state index contributed by atoms with van der Waals surface area (Å²) in [7, 11) is 2.06. The van der Waals surface area contributed by atoms with Crippen LogP contribution in [0.4, 0.5) is 5.69 Å². The maximum atomic E-state index is 9.27. The van der Waals surface area contributed by atoms with Gasteiger partial charge in [-0.15, -0.1) is 0 Å². The highest BCUT2D eigenvalue weighted by atomic mass is 32.2. The third kappa shape index (κ3) is 3.39. The Morgan fingerprint density at radius 2 is 2.31 bits per heavy atom. The smallest absolute Gasteiger partial charge is 0.0703 e. The second-order valence-electron chi connectivity index (χ2n) is 3.90. The molecule has 0 bridgehead atoms. The molecule has 1 aromatic rings. The lowest BCUT2D eigenvalue weighted by Crippen LogP contribution is -2.30. The number of hydrogen-bond acceptors (Lipinski definition) is 4. The monoisotopic (exact) mass is 240 g/mol. The minimum Gasteiger partial charge on any atom is -0.392 e. The highest BCUT2D eigenvalue weighted by Gasteiger charge is 2.12. The van der Waals surface area contributed by atoms with Crippen LogP contribution in [-0.2, 0) is 6.61 Å². The molecule has 1 heterocycles. The van der Waals surface area contributed by atoms with Crippen molar-refractivity contribution >= 4 is 17.4 Å². The van der Waals surface area contributed by atoms with Crippen molar-refractivity contribution < 1.29 is 5.11 Å². The van der Waals surface area contributed by atoms with Gasteiger partial charge in [0.15, 0.2) is 0 Å². The molecule has 1 atom stereocenters. The van der Waals surface area contributed by atoms with E-state index in [9.17, 15) is 5.11 Å². The zero-order chi connectivity index (χ0) is 12.0. The van der Waals surface area contributed by atoms with Gasteiger partial charge < -0.3 is 10.0 Å². The lowest BCUT2D eigenvalue weighted by molar-refractivity contribution is 0.282. The molecule has 4 heteroatoms. The van der Waals surface area contributed by atoms with Crippen LogP contribution in [0.3, 0.4) is 0 Å². The summed E-state index contributed by atoms with van der Waals surface area (Å²) in [6.07, 6.45) is 6.80. The van der Waals surface area contributed by atoms with E-state index in [-0.39, 0.29) is 6.61 Å². The van der Waals surface area contributed by atoms with Crippen LogP contribution in [0.25, 0.3) is 0 Å². The van der Waals surface area contributed by atoms with E-state index in [0.29, 0.717) is 6.04 Å². The maximum absolute atomic E-state index is 9.27. The highest BCUT2D eigenvalue weighted by molar-refractivity contribution is 7.98. The Labute approximate surface area is 102 Å². The Bertz CT molecular complexity index is 320. The predicted molar refractivity (Wildman–Crippen MR) is 71.0 cm³/mol. The molecule has 0 spiro atoms. The van der Waals surface area contributed by atoms with Gasteiger partial charge >= 0.3 is 0 Å². The molecule has 16 heavy (non-hydrogen) atoms. The van der Waals surface area contributed by atoms with Gasteiger partial charge in [0.05, 0.1) is 18.5 Å².